The lowest BCUT2D eigenvalue weighted by atomic mass is 9.72. The molecule has 0 saturated carbocycles. The maximum Gasteiger partial charge on any atom is 0.235 e. The first-order valence-electron chi connectivity index (χ1n) is 8.75. The molecule has 2 aliphatic rings. The Morgan fingerprint density at radius 3 is 2.48 bits per heavy atom. The summed E-state index contributed by atoms with van der Waals surface area (Å²) in [5.41, 5.74) is 6.98. The number of carbonyl (C=O) groups is 1. The van der Waals surface area contributed by atoms with Crippen LogP contribution in [0.15, 0.2) is 6.07 Å². The van der Waals surface area contributed by atoms with Crippen LogP contribution in [-0.2, 0) is 16.1 Å². The van der Waals surface area contributed by atoms with E-state index in [2.05, 4.69) is 23.3 Å². The van der Waals surface area contributed by atoms with Gasteiger partial charge < -0.3 is 4.74 Å². The Balaban J connectivity index is 1.61. The predicted octanol–water partition coefficient (Wildman–Crippen LogP) is 2.59. The molecule has 3 rings (SSSR count). The van der Waals surface area contributed by atoms with Crippen molar-refractivity contribution in [1.82, 2.24) is 9.58 Å². The van der Waals surface area contributed by atoms with Gasteiger partial charge in [0.15, 0.2) is 0 Å². The number of aromatic nitrogens is 1. The van der Waals surface area contributed by atoms with Gasteiger partial charge in [0.2, 0.25) is 5.91 Å². The Labute approximate surface area is 139 Å². The van der Waals surface area contributed by atoms with Crippen LogP contribution in [0.25, 0.3) is 0 Å². The number of aryl methyl sites for hydroxylation is 1. The van der Waals surface area contributed by atoms with E-state index in [1.165, 1.54) is 44.3 Å². The lowest BCUT2D eigenvalue weighted by molar-refractivity contribution is -0.115. The fourth-order valence-electron chi connectivity index (χ4n) is 4.05. The average Bonchev–Trinajstić information content (AvgIpc) is 2.78. The van der Waals surface area contributed by atoms with E-state index in [0.717, 1.165) is 31.1 Å². The minimum absolute atomic E-state index is 0.0298. The van der Waals surface area contributed by atoms with Crippen LogP contribution in [0, 0.1) is 19.3 Å². The van der Waals surface area contributed by atoms with E-state index in [4.69, 9.17) is 4.74 Å². The van der Waals surface area contributed by atoms with Crippen LogP contribution in [0.1, 0.15) is 49.6 Å². The number of likely N-dealkylation sites (tertiary alicyclic amines) is 1. The summed E-state index contributed by atoms with van der Waals surface area (Å²) in [7, 11) is 0. The maximum absolute atomic E-state index is 11.3. The van der Waals surface area contributed by atoms with Gasteiger partial charge in [0.05, 0.1) is 0 Å². The third kappa shape index (κ3) is 3.61. The molecule has 2 fully saturated rings. The van der Waals surface area contributed by atoms with Gasteiger partial charge in [-0.25, -0.2) is 0 Å². The zero-order chi connectivity index (χ0) is 16.4. The van der Waals surface area contributed by atoms with Gasteiger partial charge in [-0.2, -0.15) is 0 Å². The quantitative estimate of drug-likeness (QED) is 0.931. The van der Waals surface area contributed by atoms with E-state index in [9.17, 15) is 4.79 Å². The van der Waals surface area contributed by atoms with Gasteiger partial charge in [-0.3, -0.25) is 19.8 Å². The highest BCUT2D eigenvalue weighted by atomic mass is 16.5. The van der Waals surface area contributed by atoms with Gasteiger partial charge in [-0.05, 0) is 69.7 Å². The largest absolute Gasteiger partial charge is 0.381 e. The molecule has 1 aromatic rings. The molecule has 3 heterocycles. The van der Waals surface area contributed by atoms with E-state index >= 15 is 0 Å². The van der Waals surface area contributed by atoms with E-state index in [1.807, 2.05) is 11.6 Å². The van der Waals surface area contributed by atoms with Gasteiger partial charge in [0.1, 0.15) is 0 Å². The first-order valence-corrected chi connectivity index (χ1v) is 8.75. The fraction of sp³-hybridized carbons (Fsp3) is 0.722. The molecule has 1 spiro atoms. The number of nitrogens with zero attached hydrogens (tertiary/aromatic N) is 2. The van der Waals surface area contributed by atoms with Gasteiger partial charge in [0.25, 0.3) is 0 Å². The topological polar surface area (TPSA) is 46.5 Å². The molecule has 2 aliphatic heterocycles. The smallest absolute Gasteiger partial charge is 0.235 e. The van der Waals surface area contributed by atoms with Crippen LogP contribution >= 0.6 is 0 Å². The van der Waals surface area contributed by atoms with Gasteiger partial charge in [0, 0.05) is 38.1 Å². The van der Waals surface area contributed by atoms with Gasteiger partial charge in [-0.1, -0.05) is 0 Å². The normalized spacial score (nSPS) is 21.5. The number of hydrogen-bond donors (Lipinski definition) is 1. The third-order valence-corrected chi connectivity index (χ3v) is 5.67. The molecule has 1 amide bonds. The highest BCUT2D eigenvalue weighted by Crippen LogP contribution is 2.40. The Morgan fingerprint density at radius 1 is 1.22 bits per heavy atom. The van der Waals surface area contributed by atoms with E-state index in [0.29, 0.717) is 5.41 Å². The summed E-state index contributed by atoms with van der Waals surface area (Å²) in [5.74, 6) is -0.0298. The molecule has 1 N–H and O–H groups in total. The van der Waals surface area contributed by atoms with Crippen LogP contribution in [0.2, 0.25) is 0 Å². The Bertz CT molecular complexity index is 563. The summed E-state index contributed by atoms with van der Waals surface area (Å²) in [5, 5.41) is 0. The van der Waals surface area contributed by atoms with Crippen LogP contribution in [-0.4, -0.2) is 41.8 Å². The van der Waals surface area contributed by atoms with Crippen LogP contribution < -0.4 is 5.43 Å². The lowest BCUT2D eigenvalue weighted by Gasteiger charge is -2.44. The first kappa shape index (κ1) is 16.5. The second-order valence-corrected chi connectivity index (χ2v) is 7.29. The Hall–Kier alpha value is -1.33. The SMILES string of the molecule is CC(=O)Nn1c(C)cc(CN2CCC3(CCOCC3)CC2)c1C. The number of hydrogen-bond acceptors (Lipinski definition) is 3. The molecule has 5 nitrogen and oxygen atoms in total. The summed E-state index contributed by atoms with van der Waals surface area (Å²) in [6, 6.07) is 2.20. The van der Waals surface area contributed by atoms with Crippen molar-refractivity contribution in [3.63, 3.8) is 0 Å². The lowest BCUT2D eigenvalue weighted by Crippen LogP contribution is -2.42. The molecule has 0 radical (unpaired) electrons. The highest BCUT2D eigenvalue weighted by Gasteiger charge is 2.36. The summed E-state index contributed by atoms with van der Waals surface area (Å²) in [6.45, 7) is 10.9. The molecular formula is C18H29N3O2. The molecule has 128 valence electrons. The Morgan fingerprint density at radius 2 is 1.87 bits per heavy atom. The summed E-state index contributed by atoms with van der Waals surface area (Å²) in [4.78, 5) is 13.9. The molecule has 0 bridgehead atoms. The molecular weight excluding hydrogens is 290 g/mol. The number of nitrogens with one attached hydrogen (secondary N) is 1. The van der Waals surface area contributed by atoms with Crippen molar-refractivity contribution in [2.24, 2.45) is 5.41 Å². The van der Waals surface area contributed by atoms with Crippen molar-refractivity contribution in [3.8, 4) is 0 Å². The van der Waals surface area contributed by atoms with Crippen LogP contribution in [0.4, 0.5) is 0 Å². The van der Waals surface area contributed by atoms with Crippen molar-refractivity contribution in [3.05, 3.63) is 23.0 Å². The third-order valence-electron chi connectivity index (χ3n) is 5.67. The van der Waals surface area contributed by atoms with Gasteiger partial charge >= 0.3 is 0 Å². The fourth-order valence-corrected chi connectivity index (χ4v) is 4.05. The van der Waals surface area contributed by atoms with Gasteiger partial charge in [-0.15, -0.1) is 0 Å². The zero-order valence-corrected chi connectivity index (χ0v) is 14.7. The maximum atomic E-state index is 11.3. The van der Waals surface area contributed by atoms with Crippen molar-refractivity contribution in [2.75, 3.05) is 31.7 Å². The van der Waals surface area contributed by atoms with Crippen molar-refractivity contribution in [2.45, 2.75) is 53.0 Å². The molecule has 23 heavy (non-hydrogen) atoms. The number of piperidine rings is 1. The average molecular weight is 319 g/mol. The molecule has 0 aliphatic carbocycles. The number of ether oxygens (including phenoxy) is 1. The number of rotatable bonds is 3. The summed E-state index contributed by atoms with van der Waals surface area (Å²) >= 11 is 0. The molecule has 5 heteroatoms. The summed E-state index contributed by atoms with van der Waals surface area (Å²) < 4.78 is 7.44. The van der Waals surface area contributed by atoms with Crippen LogP contribution in [0.5, 0.6) is 0 Å². The monoisotopic (exact) mass is 319 g/mol. The molecule has 0 unspecified atom stereocenters. The summed E-state index contributed by atoms with van der Waals surface area (Å²) in [6.07, 6.45) is 5.05. The molecule has 1 aromatic heterocycles. The second-order valence-electron chi connectivity index (χ2n) is 7.29. The highest BCUT2D eigenvalue weighted by molar-refractivity contribution is 5.81. The molecule has 2 saturated heterocycles. The number of carbonyl (C=O) groups excluding carboxylic acids is 1. The van der Waals surface area contributed by atoms with Crippen molar-refractivity contribution < 1.29 is 9.53 Å². The molecule has 0 aromatic carbocycles. The number of amides is 1. The van der Waals surface area contributed by atoms with E-state index < -0.39 is 0 Å². The standard InChI is InChI=1S/C18H29N3O2/c1-14-12-17(15(2)21(14)19-16(3)22)13-20-8-4-18(5-9-20)6-10-23-11-7-18/h12H,4-11,13H2,1-3H3,(H,19,22). The minimum atomic E-state index is -0.0298. The van der Waals surface area contributed by atoms with E-state index in [-0.39, 0.29) is 5.91 Å². The van der Waals surface area contributed by atoms with Crippen molar-refractivity contribution in [1.29, 1.82) is 0 Å². The second kappa shape index (κ2) is 6.65. The first-order chi connectivity index (χ1) is 11.0. The van der Waals surface area contributed by atoms with E-state index in [1.54, 1.807) is 6.92 Å². The molecule has 0 atom stereocenters. The predicted molar refractivity (Wildman–Crippen MR) is 90.9 cm³/mol. The zero-order valence-electron chi connectivity index (χ0n) is 14.7. The Kier molecular flexibility index (Phi) is 4.78. The minimum Gasteiger partial charge on any atom is -0.381 e. The van der Waals surface area contributed by atoms with Crippen LogP contribution in [0.3, 0.4) is 0 Å². The van der Waals surface area contributed by atoms with Crippen molar-refractivity contribution >= 4 is 5.91 Å².